The van der Waals surface area contributed by atoms with Crippen LogP contribution in [0.25, 0.3) is 11.1 Å². The molecule has 1 aromatic carbocycles. The first-order chi connectivity index (χ1) is 12.2. The van der Waals surface area contributed by atoms with Gasteiger partial charge in [-0.1, -0.05) is 51.4 Å². The fourth-order valence-corrected chi connectivity index (χ4v) is 3.23. The Bertz CT molecular complexity index is 793. The molecular formula is C21H27ClN2O2. The lowest BCUT2D eigenvalue weighted by Crippen LogP contribution is -2.20. The Balaban J connectivity index is 2.87. The van der Waals surface area contributed by atoms with Crippen LogP contribution < -0.4 is 5.73 Å². The van der Waals surface area contributed by atoms with Crippen LogP contribution in [0.15, 0.2) is 24.3 Å². The van der Waals surface area contributed by atoms with Gasteiger partial charge in [0.1, 0.15) is 0 Å². The number of benzene rings is 1. The topological polar surface area (TPSA) is 65.2 Å². The van der Waals surface area contributed by atoms with Crippen LogP contribution in [-0.4, -0.2) is 18.1 Å². The zero-order chi connectivity index (χ0) is 19.5. The standard InChI is InChI=1S/C21H27ClN2O2/c1-6-16-19(20(25)26-5)18(13-7-9-14(22)10-8-13)15(12-23)17(24-16)11-21(2,3)4/h7-10H,6,11-12,23H2,1-5H3. The maximum atomic E-state index is 12.6. The molecule has 0 aliphatic heterocycles. The molecule has 0 bridgehead atoms. The van der Waals surface area contributed by atoms with Gasteiger partial charge in [0.25, 0.3) is 0 Å². The third-order valence-corrected chi connectivity index (χ3v) is 4.47. The van der Waals surface area contributed by atoms with Crippen molar-refractivity contribution in [3.63, 3.8) is 0 Å². The summed E-state index contributed by atoms with van der Waals surface area (Å²) >= 11 is 6.05. The molecule has 1 heterocycles. The van der Waals surface area contributed by atoms with Crippen molar-refractivity contribution in [2.24, 2.45) is 11.1 Å². The maximum absolute atomic E-state index is 12.6. The van der Waals surface area contributed by atoms with Gasteiger partial charge in [-0.2, -0.15) is 0 Å². The number of nitrogens with zero attached hydrogens (tertiary/aromatic N) is 1. The van der Waals surface area contributed by atoms with Crippen LogP contribution in [0.1, 0.15) is 55.0 Å². The molecular weight excluding hydrogens is 348 g/mol. The van der Waals surface area contributed by atoms with Gasteiger partial charge in [-0.25, -0.2) is 4.79 Å². The fourth-order valence-electron chi connectivity index (χ4n) is 3.11. The number of methoxy groups -OCH3 is 1. The van der Waals surface area contributed by atoms with Crippen molar-refractivity contribution in [3.05, 3.63) is 51.8 Å². The molecule has 0 atom stereocenters. The predicted molar refractivity (Wildman–Crippen MR) is 106 cm³/mol. The van der Waals surface area contributed by atoms with Crippen molar-refractivity contribution in [2.75, 3.05) is 7.11 Å². The second-order valence-electron chi connectivity index (χ2n) is 7.53. The monoisotopic (exact) mass is 374 g/mol. The van der Waals surface area contributed by atoms with Crippen LogP contribution in [0.4, 0.5) is 0 Å². The number of carbonyl (C=O) groups excluding carboxylic acids is 1. The molecule has 2 aromatic rings. The summed E-state index contributed by atoms with van der Waals surface area (Å²) in [6, 6.07) is 7.44. The van der Waals surface area contributed by atoms with E-state index < -0.39 is 5.97 Å². The van der Waals surface area contributed by atoms with Crippen LogP contribution in [-0.2, 0) is 24.1 Å². The van der Waals surface area contributed by atoms with Crippen molar-refractivity contribution in [2.45, 2.75) is 47.1 Å². The molecule has 4 nitrogen and oxygen atoms in total. The van der Waals surface area contributed by atoms with E-state index in [9.17, 15) is 4.79 Å². The van der Waals surface area contributed by atoms with E-state index in [1.807, 2.05) is 31.2 Å². The van der Waals surface area contributed by atoms with Crippen LogP contribution in [0.5, 0.6) is 0 Å². The number of hydrogen-bond donors (Lipinski definition) is 1. The number of hydrogen-bond acceptors (Lipinski definition) is 4. The number of halogens is 1. The molecule has 26 heavy (non-hydrogen) atoms. The third-order valence-electron chi connectivity index (χ3n) is 4.22. The van der Waals surface area contributed by atoms with E-state index in [-0.39, 0.29) is 5.41 Å². The molecule has 0 saturated carbocycles. The van der Waals surface area contributed by atoms with Crippen LogP contribution in [0.2, 0.25) is 5.02 Å². The molecule has 0 saturated heterocycles. The van der Waals surface area contributed by atoms with E-state index >= 15 is 0 Å². The molecule has 0 amide bonds. The largest absolute Gasteiger partial charge is 0.465 e. The van der Waals surface area contributed by atoms with Gasteiger partial charge in [-0.3, -0.25) is 4.98 Å². The van der Waals surface area contributed by atoms with Crippen LogP contribution in [0.3, 0.4) is 0 Å². The van der Waals surface area contributed by atoms with Gasteiger partial charge in [0.15, 0.2) is 0 Å². The number of pyridine rings is 1. The van der Waals surface area contributed by atoms with Crippen molar-refractivity contribution in [1.29, 1.82) is 0 Å². The van der Waals surface area contributed by atoms with Crippen molar-refractivity contribution in [1.82, 2.24) is 4.98 Å². The highest BCUT2D eigenvalue weighted by Crippen LogP contribution is 2.35. The summed E-state index contributed by atoms with van der Waals surface area (Å²) in [6.07, 6.45) is 1.40. The Labute approximate surface area is 160 Å². The molecule has 0 aliphatic rings. The second-order valence-corrected chi connectivity index (χ2v) is 7.96. The molecule has 0 radical (unpaired) electrons. The highest BCUT2D eigenvalue weighted by Gasteiger charge is 2.26. The minimum Gasteiger partial charge on any atom is -0.465 e. The Morgan fingerprint density at radius 3 is 2.27 bits per heavy atom. The first-order valence-electron chi connectivity index (χ1n) is 8.80. The highest BCUT2D eigenvalue weighted by atomic mass is 35.5. The minimum absolute atomic E-state index is 0.0476. The molecule has 140 valence electrons. The molecule has 0 spiro atoms. The lowest BCUT2D eigenvalue weighted by molar-refractivity contribution is 0.0599. The molecule has 2 N–H and O–H groups in total. The predicted octanol–water partition coefficient (Wildman–Crippen LogP) is 4.80. The second kappa shape index (κ2) is 8.19. The number of rotatable bonds is 5. The average Bonchev–Trinajstić information content (AvgIpc) is 2.59. The lowest BCUT2D eigenvalue weighted by Gasteiger charge is -2.24. The molecule has 0 unspecified atom stereocenters. The van der Waals surface area contributed by atoms with Gasteiger partial charge in [0, 0.05) is 22.8 Å². The summed E-state index contributed by atoms with van der Waals surface area (Å²) < 4.78 is 5.06. The van der Waals surface area contributed by atoms with Crippen molar-refractivity contribution in [3.8, 4) is 11.1 Å². The van der Waals surface area contributed by atoms with Gasteiger partial charge in [0.05, 0.1) is 18.4 Å². The Hall–Kier alpha value is -1.91. The fraction of sp³-hybridized carbons (Fsp3) is 0.429. The molecule has 2 rings (SSSR count). The van der Waals surface area contributed by atoms with E-state index in [1.54, 1.807) is 0 Å². The van der Waals surface area contributed by atoms with E-state index in [1.165, 1.54) is 7.11 Å². The molecule has 0 aliphatic carbocycles. The number of esters is 1. The van der Waals surface area contributed by atoms with Crippen molar-refractivity contribution < 1.29 is 9.53 Å². The number of ether oxygens (including phenoxy) is 1. The van der Waals surface area contributed by atoms with E-state index in [0.29, 0.717) is 23.6 Å². The summed E-state index contributed by atoms with van der Waals surface area (Å²) in [5, 5.41) is 0.641. The van der Waals surface area contributed by atoms with E-state index in [4.69, 9.17) is 27.1 Å². The maximum Gasteiger partial charge on any atom is 0.340 e. The van der Waals surface area contributed by atoms with Gasteiger partial charge >= 0.3 is 5.97 Å². The lowest BCUT2D eigenvalue weighted by atomic mass is 9.84. The third kappa shape index (κ3) is 4.43. The zero-order valence-electron chi connectivity index (χ0n) is 16.1. The van der Waals surface area contributed by atoms with Crippen LogP contribution >= 0.6 is 11.6 Å². The summed E-state index contributed by atoms with van der Waals surface area (Å²) in [6.45, 7) is 8.78. The number of aryl methyl sites for hydroxylation is 1. The molecule has 5 heteroatoms. The molecule has 0 fully saturated rings. The van der Waals surface area contributed by atoms with E-state index in [0.717, 1.165) is 34.5 Å². The average molecular weight is 375 g/mol. The summed E-state index contributed by atoms with van der Waals surface area (Å²) in [7, 11) is 1.39. The number of aromatic nitrogens is 1. The van der Waals surface area contributed by atoms with Gasteiger partial charge in [0.2, 0.25) is 0 Å². The summed E-state index contributed by atoms with van der Waals surface area (Å²) in [4.78, 5) is 17.4. The number of nitrogens with two attached hydrogens (primary N) is 1. The number of carbonyl (C=O) groups is 1. The van der Waals surface area contributed by atoms with Gasteiger partial charge in [-0.05, 0) is 41.5 Å². The van der Waals surface area contributed by atoms with Gasteiger partial charge < -0.3 is 10.5 Å². The Morgan fingerprint density at radius 1 is 1.19 bits per heavy atom. The SMILES string of the molecule is CCc1nc(CC(C)(C)C)c(CN)c(-c2ccc(Cl)cc2)c1C(=O)OC. The summed E-state index contributed by atoms with van der Waals surface area (Å²) in [5.74, 6) is -0.392. The van der Waals surface area contributed by atoms with Gasteiger partial charge in [-0.15, -0.1) is 0 Å². The molecule has 1 aromatic heterocycles. The first-order valence-corrected chi connectivity index (χ1v) is 9.18. The Morgan fingerprint density at radius 2 is 1.81 bits per heavy atom. The zero-order valence-corrected chi connectivity index (χ0v) is 16.9. The van der Waals surface area contributed by atoms with Crippen LogP contribution in [0, 0.1) is 5.41 Å². The smallest absolute Gasteiger partial charge is 0.340 e. The quantitative estimate of drug-likeness (QED) is 0.763. The van der Waals surface area contributed by atoms with Crippen molar-refractivity contribution >= 4 is 17.6 Å². The Kier molecular flexibility index (Phi) is 6.43. The highest BCUT2D eigenvalue weighted by molar-refractivity contribution is 6.30. The first kappa shape index (κ1) is 20.4. The van der Waals surface area contributed by atoms with E-state index in [2.05, 4.69) is 20.8 Å². The normalized spacial score (nSPS) is 11.5. The minimum atomic E-state index is -0.392. The summed E-state index contributed by atoms with van der Waals surface area (Å²) in [5.41, 5.74) is 10.9.